The van der Waals surface area contributed by atoms with Crippen molar-refractivity contribution in [3.63, 3.8) is 0 Å². The predicted molar refractivity (Wildman–Crippen MR) is 117 cm³/mol. The van der Waals surface area contributed by atoms with Gasteiger partial charge in [-0.2, -0.15) is 0 Å². The highest BCUT2D eigenvalue weighted by Gasteiger charge is 2.16. The van der Waals surface area contributed by atoms with Crippen LogP contribution in [-0.2, 0) is 25.9 Å². The fraction of sp³-hybridized carbons (Fsp3) is 0.273. The van der Waals surface area contributed by atoms with Gasteiger partial charge in [0.2, 0.25) is 0 Å². The van der Waals surface area contributed by atoms with Crippen LogP contribution in [0.5, 0.6) is 0 Å². The van der Waals surface area contributed by atoms with Crippen molar-refractivity contribution in [1.82, 2.24) is 0 Å². The van der Waals surface area contributed by atoms with Gasteiger partial charge in [-0.3, -0.25) is 4.79 Å². The molecule has 0 atom stereocenters. The number of oxime groups is 3. The van der Waals surface area contributed by atoms with Crippen LogP contribution in [0.2, 0.25) is 0 Å². The average molecular weight is 410 g/mol. The maximum absolute atomic E-state index is 11.7. The van der Waals surface area contributed by atoms with Crippen molar-refractivity contribution in [3.8, 4) is 0 Å². The molecule has 30 heavy (non-hydrogen) atoms. The molecule has 2 aromatic rings. The van der Waals surface area contributed by atoms with Gasteiger partial charge < -0.3 is 20.2 Å². The smallest absolute Gasteiger partial charge is 0.271 e. The molecule has 2 N–H and O–H groups in total. The Balaban J connectivity index is 2.27. The van der Waals surface area contributed by atoms with Gasteiger partial charge >= 0.3 is 0 Å². The molecule has 2 aromatic carbocycles. The summed E-state index contributed by atoms with van der Waals surface area (Å²) in [6.45, 7) is 5.90. The summed E-state index contributed by atoms with van der Waals surface area (Å²) in [7, 11) is 2.83. The number of hydrogen-bond donors (Lipinski definition) is 1. The second-order valence-corrected chi connectivity index (χ2v) is 6.53. The SMILES string of the molecule is CO/N=C(/C(C)=N/OCc1ccccc1/C(=N\OC)C(N)=O)c1ccc(C)cc1C. The molecule has 0 unspecified atom stereocenters. The van der Waals surface area contributed by atoms with Crippen LogP contribution < -0.4 is 5.73 Å². The van der Waals surface area contributed by atoms with E-state index in [1.165, 1.54) is 14.2 Å². The number of rotatable bonds is 9. The molecule has 0 saturated carbocycles. The van der Waals surface area contributed by atoms with E-state index < -0.39 is 5.91 Å². The summed E-state index contributed by atoms with van der Waals surface area (Å²) in [6, 6.07) is 13.1. The predicted octanol–water partition coefficient (Wildman–Crippen LogP) is 3.08. The van der Waals surface area contributed by atoms with Gasteiger partial charge in [0.15, 0.2) is 5.71 Å². The summed E-state index contributed by atoms with van der Waals surface area (Å²) >= 11 is 0. The van der Waals surface area contributed by atoms with Crippen molar-refractivity contribution in [2.45, 2.75) is 27.4 Å². The molecule has 0 heterocycles. The maximum atomic E-state index is 11.7. The lowest BCUT2D eigenvalue weighted by atomic mass is 9.99. The van der Waals surface area contributed by atoms with E-state index >= 15 is 0 Å². The molecule has 8 nitrogen and oxygen atoms in total. The Bertz CT molecular complexity index is 996. The van der Waals surface area contributed by atoms with Crippen LogP contribution in [0, 0.1) is 13.8 Å². The van der Waals surface area contributed by atoms with E-state index in [1.54, 1.807) is 25.1 Å². The van der Waals surface area contributed by atoms with E-state index in [0.717, 1.165) is 16.7 Å². The van der Waals surface area contributed by atoms with Crippen molar-refractivity contribution >= 4 is 23.0 Å². The van der Waals surface area contributed by atoms with Gasteiger partial charge in [0.1, 0.15) is 32.2 Å². The lowest BCUT2D eigenvalue weighted by Crippen LogP contribution is -2.25. The largest absolute Gasteiger partial charge is 0.399 e. The summed E-state index contributed by atoms with van der Waals surface area (Å²) in [6.07, 6.45) is 0. The Hall–Kier alpha value is -3.68. The monoisotopic (exact) mass is 410 g/mol. The van der Waals surface area contributed by atoms with Crippen LogP contribution in [0.25, 0.3) is 0 Å². The number of carbonyl (C=O) groups is 1. The van der Waals surface area contributed by atoms with E-state index in [-0.39, 0.29) is 12.3 Å². The molecule has 158 valence electrons. The van der Waals surface area contributed by atoms with Crippen LogP contribution in [-0.4, -0.2) is 37.3 Å². The third-order valence-corrected chi connectivity index (χ3v) is 4.27. The summed E-state index contributed by atoms with van der Waals surface area (Å²) < 4.78 is 0. The van der Waals surface area contributed by atoms with Crippen molar-refractivity contribution in [2.75, 3.05) is 14.2 Å². The van der Waals surface area contributed by atoms with Gasteiger partial charge in [0.05, 0.1) is 0 Å². The van der Waals surface area contributed by atoms with E-state index in [2.05, 4.69) is 21.5 Å². The maximum Gasteiger partial charge on any atom is 0.271 e. The Morgan fingerprint density at radius 3 is 2.23 bits per heavy atom. The van der Waals surface area contributed by atoms with E-state index in [1.807, 2.05) is 32.0 Å². The number of carbonyl (C=O) groups excluding carboxylic acids is 1. The molecule has 0 saturated heterocycles. The zero-order chi connectivity index (χ0) is 22.1. The Morgan fingerprint density at radius 2 is 1.60 bits per heavy atom. The van der Waals surface area contributed by atoms with Crippen molar-refractivity contribution in [1.29, 1.82) is 0 Å². The average Bonchev–Trinajstić information content (AvgIpc) is 2.71. The fourth-order valence-electron chi connectivity index (χ4n) is 2.92. The normalized spacial score (nSPS) is 12.5. The summed E-state index contributed by atoms with van der Waals surface area (Å²) in [5.41, 5.74) is 10.8. The molecule has 0 aromatic heterocycles. The van der Waals surface area contributed by atoms with Crippen LogP contribution in [0.3, 0.4) is 0 Å². The number of primary amides is 1. The van der Waals surface area contributed by atoms with Crippen molar-refractivity contribution < 1.29 is 19.3 Å². The standard InChI is InChI=1S/C22H26N4O4/c1-14-10-11-18(15(2)12-14)20(25-28-4)16(3)24-30-13-17-8-6-7-9-19(17)21(22(23)27)26-29-5/h6-12H,13H2,1-5H3,(H2,23,27)/b24-16+,25-20-,26-21+. The highest BCUT2D eigenvalue weighted by atomic mass is 16.6. The number of nitrogens with zero attached hydrogens (tertiary/aromatic N) is 3. The van der Waals surface area contributed by atoms with Gasteiger partial charge in [0, 0.05) is 16.7 Å². The van der Waals surface area contributed by atoms with Gasteiger partial charge in [-0.1, -0.05) is 63.5 Å². The number of aryl methyl sites for hydroxylation is 2. The van der Waals surface area contributed by atoms with E-state index in [4.69, 9.17) is 20.2 Å². The molecular formula is C22H26N4O4. The van der Waals surface area contributed by atoms with Crippen molar-refractivity contribution in [2.24, 2.45) is 21.2 Å². The second-order valence-electron chi connectivity index (χ2n) is 6.53. The molecule has 0 aliphatic heterocycles. The molecule has 0 radical (unpaired) electrons. The number of nitrogens with two attached hydrogens (primary N) is 1. The Kier molecular flexibility index (Phi) is 8.10. The first-order valence-electron chi connectivity index (χ1n) is 9.24. The van der Waals surface area contributed by atoms with Gasteiger partial charge in [-0.25, -0.2) is 0 Å². The van der Waals surface area contributed by atoms with Crippen LogP contribution in [0.1, 0.15) is 34.7 Å². The van der Waals surface area contributed by atoms with E-state index in [0.29, 0.717) is 22.6 Å². The molecule has 0 aliphatic carbocycles. The Labute approximate surface area is 176 Å². The highest BCUT2D eigenvalue weighted by Crippen LogP contribution is 2.15. The molecule has 8 heteroatoms. The molecule has 1 amide bonds. The molecular weight excluding hydrogens is 384 g/mol. The molecule has 0 spiro atoms. The number of amides is 1. The highest BCUT2D eigenvalue weighted by molar-refractivity contribution is 6.47. The van der Waals surface area contributed by atoms with Gasteiger partial charge in [-0.05, 0) is 26.3 Å². The van der Waals surface area contributed by atoms with Crippen LogP contribution >= 0.6 is 0 Å². The molecule has 0 aliphatic rings. The minimum Gasteiger partial charge on any atom is -0.399 e. The summed E-state index contributed by atoms with van der Waals surface area (Å²) in [4.78, 5) is 27.0. The zero-order valence-corrected chi connectivity index (χ0v) is 17.8. The minimum atomic E-state index is -0.701. The van der Waals surface area contributed by atoms with Gasteiger partial charge in [0.25, 0.3) is 5.91 Å². The van der Waals surface area contributed by atoms with Crippen LogP contribution in [0.15, 0.2) is 57.9 Å². The number of benzene rings is 2. The fourth-order valence-corrected chi connectivity index (χ4v) is 2.92. The topological polar surface area (TPSA) is 108 Å². The van der Waals surface area contributed by atoms with Crippen molar-refractivity contribution in [3.05, 3.63) is 70.3 Å². The van der Waals surface area contributed by atoms with E-state index in [9.17, 15) is 4.79 Å². The summed E-state index contributed by atoms with van der Waals surface area (Å²) in [5, 5.41) is 12.0. The Morgan fingerprint density at radius 1 is 0.933 bits per heavy atom. The second kappa shape index (κ2) is 10.8. The zero-order valence-electron chi connectivity index (χ0n) is 17.8. The third kappa shape index (κ3) is 5.66. The first-order chi connectivity index (χ1) is 14.4. The number of hydrogen-bond acceptors (Lipinski definition) is 7. The molecule has 2 rings (SSSR count). The molecule has 0 fully saturated rings. The molecule has 0 bridgehead atoms. The first-order valence-corrected chi connectivity index (χ1v) is 9.24. The first kappa shape index (κ1) is 22.6. The minimum absolute atomic E-state index is 0.00863. The lowest BCUT2D eigenvalue weighted by molar-refractivity contribution is -0.112. The quantitative estimate of drug-likeness (QED) is 0.506. The lowest BCUT2D eigenvalue weighted by Gasteiger charge is -2.11. The summed E-state index contributed by atoms with van der Waals surface area (Å²) in [5.74, 6) is -0.701. The van der Waals surface area contributed by atoms with Gasteiger partial charge in [-0.15, -0.1) is 0 Å². The van der Waals surface area contributed by atoms with Crippen LogP contribution in [0.4, 0.5) is 0 Å². The third-order valence-electron chi connectivity index (χ3n) is 4.27.